The Morgan fingerprint density at radius 3 is 2.80 bits per heavy atom. The first-order valence-corrected chi connectivity index (χ1v) is 7.61. The van der Waals surface area contributed by atoms with Crippen molar-refractivity contribution in [3.8, 4) is 5.75 Å². The monoisotopic (exact) mass is 286 g/mol. The highest BCUT2D eigenvalue weighted by atomic mass is 32.1. The maximum atomic E-state index is 11.9. The zero-order chi connectivity index (χ0) is 14.4. The van der Waals surface area contributed by atoms with Crippen LogP contribution in [0.5, 0.6) is 5.75 Å². The van der Waals surface area contributed by atoms with Crippen LogP contribution in [-0.2, 0) is 4.79 Å². The molecule has 0 bridgehead atoms. The lowest BCUT2D eigenvalue weighted by Gasteiger charge is -2.13. The first kappa shape index (κ1) is 14.5. The molecule has 1 aromatic heterocycles. The molecule has 0 radical (unpaired) electrons. The first-order valence-electron chi connectivity index (χ1n) is 6.73. The van der Waals surface area contributed by atoms with Crippen molar-refractivity contribution in [3.63, 3.8) is 0 Å². The average molecular weight is 286 g/mol. The third-order valence-corrected chi connectivity index (χ3v) is 4.04. The number of hydrogen-bond acceptors (Lipinski definition) is 3. The van der Waals surface area contributed by atoms with Crippen LogP contribution in [0, 0.1) is 0 Å². The summed E-state index contributed by atoms with van der Waals surface area (Å²) in [5.41, 5.74) is 1.08. The molecule has 2 nitrogen and oxygen atoms in total. The topological polar surface area (TPSA) is 26.3 Å². The molecule has 3 heteroatoms. The summed E-state index contributed by atoms with van der Waals surface area (Å²) in [6.07, 6.45) is 4.26. The molecule has 2 aromatic rings. The molecule has 0 saturated heterocycles. The van der Waals surface area contributed by atoms with Gasteiger partial charge in [0, 0.05) is 11.0 Å². The second kappa shape index (κ2) is 7.06. The fraction of sp³-hybridized carbons (Fsp3) is 0.235. The quantitative estimate of drug-likeness (QED) is 0.445. The number of benzene rings is 1. The van der Waals surface area contributed by atoms with E-state index in [2.05, 4.69) is 13.8 Å². The molecular formula is C17H18O2S. The van der Waals surface area contributed by atoms with Crippen LogP contribution in [0.3, 0.4) is 0 Å². The van der Waals surface area contributed by atoms with Crippen LogP contribution < -0.4 is 4.74 Å². The smallest absolute Gasteiger partial charge is 0.336 e. The van der Waals surface area contributed by atoms with Crippen molar-refractivity contribution < 1.29 is 9.53 Å². The number of para-hydroxylation sites is 1. The Kier molecular flexibility index (Phi) is 5.13. The molecule has 0 aliphatic heterocycles. The third kappa shape index (κ3) is 3.81. The zero-order valence-corrected chi connectivity index (χ0v) is 12.5. The van der Waals surface area contributed by atoms with Crippen LogP contribution in [0.2, 0.25) is 0 Å². The lowest BCUT2D eigenvalue weighted by Crippen LogP contribution is -2.06. The Morgan fingerprint density at radius 1 is 1.30 bits per heavy atom. The predicted molar refractivity (Wildman–Crippen MR) is 84.1 cm³/mol. The van der Waals surface area contributed by atoms with E-state index in [-0.39, 0.29) is 5.97 Å². The number of esters is 1. The van der Waals surface area contributed by atoms with E-state index in [0.717, 1.165) is 16.9 Å². The lowest BCUT2D eigenvalue weighted by atomic mass is 9.98. The number of hydrogen-bond donors (Lipinski definition) is 0. The summed E-state index contributed by atoms with van der Waals surface area (Å²) in [5, 5.41) is 1.98. The van der Waals surface area contributed by atoms with Crippen molar-refractivity contribution >= 4 is 23.4 Å². The number of rotatable bonds is 5. The van der Waals surface area contributed by atoms with Crippen molar-refractivity contribution in [1.82, 2.24) is 0 Å². The number of ether oxygens (including phenoxy) is 1. The molecule has 2 rings (SSSR count). The molecular weight excluding hydrogens is 268 g/mol. The van der Waals surface area contributed by atoms with E-state index >= 15 is 0 Å². The van der Waals surface area contributed by atoms with E-state index in [1.165, 1.54) is 6.08 Å². The molecule has 20 heavy (non-hydrogen) atoms. The largest absolute Gasteiger partial charge is 0.423 e. The molecule has 1 heterocycles. The Balaban J connectivity index is 2.08. The van der Waals surface area contributed by atoms with E-state index in [1.54, 1.807) is 17.4 Å². The summed E-state index contributed by atoms with van der Waals surface area (Å²) in [4.78, 5) is 12.9. The second-order valence-electron chi connectivity index (χ2n) is 4.62. The number of carbonyl (C=O) groups is 1. The summed E-state index contributed by atoms with van der Waals surface area (Å²) >= 11 is 1.59. The molecule has 0 amide bonds. The predicted octanol–water partition coefficient (Wildman–Crippen LogP) is 4.88. The van der Waals surface area contributed by atoms with Gasteiger partial charge in [0.1, 0.15) is 5.75 Å². The van der Waals surface area contributed by atoms with Crippen LogP contribution in [-0.4, -0.2) is 5.97 Å². The van der Waals surface area contributed by atoms with E-state index in [4.69, 9.17) is 4.74 Å². The van der Waals surface area contributed by atoms with Crippen molar-refractivity contribution in [2.24, 2.45) is 0 Å². The van der Waals surface area contributed by atoms with Gasteiger partial charge in [0.15, 0.2) is 0 Å². The summed E-state index contributed by atoms with van der Waals surface area (Å²) in [6, 6.07) is 11.6. The zero-order valence-electron chi connectivity index (χ0n) is 11.7. The number of thiophene rings is 1. The Hall–Kier alpha value is -1.87. The van der Waals surface area contributed by atoms with Crippen molar-refractivity contribution in [1.29, 1.82) is 0 Å². The summed E-state index contributed by atoms with van der Waals surface area (Å²) in [7, 11) is 0. The molecule has 1 aromatic carbocycles. The van der Waals surface area contributed by atoms with E-state index in [9.17, 15) is 4.79 Å². The second-order valence-corrected chi connectivity index (χ2v) is 5.60. The highest BCUT2D eigenvalue weighted by Crippen LogP contribution is 2.28. The fourth-order valence-corrected chi connectivity index (χ4v) is 2.50. The van der Waals surface area contributed by atoms with Gasteiger partial charge < -0.3 is 4.74 Å². The van der Waals surface area contributed by atoms with Crippen LogP contribution in [0.4, 0.5) is 0 Å². The van der Waals surface area contributed by atoms with Crippen LogP contribution in [0.15, 0.2) is 47.9 Å². The Bertz CT molecular complexity index is 585. The summed E-state index contributed by atoms with van der Waals surface area (Å²) in [5.74, 6) is 0.692. The minimum absolute atomic E-state index is 0.339. The highest BCUT2D eigenvalue weighted by molar-refractivity contribution is 7.10. The molecule has 1 atom stereocenters. The van der Waals surface area contributed by atoms with Gasteiger partial charge in [-0.05, 0) is 41.5 Å². The highest BCUT2D eigenvalue weighted by Gasteiger charge is 2.11. The Morgan fingerprint density at radius 2 is 2.10 bits per heavy atom. The van der Waals surface area contributed by atoms with Gasteiger partial charge in [0.05, 0.1) is 0 Å². The molecule has 0 saturated carbocycles. The molecule has 0 spiro atoms. The van der Waals surface area contributed by atoms with Crippen molar-refractivity contribution in [3.05, 3.63) is 58.3 Å². The molecule has 0 aliphatic rings. The van der Waals surface area contributed by atoms with Crippen LogP contribution in [0.1, 0.15) is 36.6 Å². The Labute approximate surface area is 123 Å². The minimum atomic E-state index is -0.339. The van der Waals surface area contributed by atoms with Gasteiger partial charge in [-0.25, -0.2) is 4.79 Å². The minimum Gasteiger partial charge on any atom is -0.423 e. The average Bonchev–Trinajstić information content (AvgIpc) is 2.98. The van der Waals surface area contributed by atoms with Gasteiger partial charge in [0.25, 0.3) is 0 Å². The van der Waals surface area contributed by atoms with Crippen molar-refractivity contribution in [2.45, 2.75) is 26.2 Å². The molecule has 0 aliphatic carbocycles. The van der Waals surface area contributed by atoms with Crippen LogP contribution in [0.25, 0.3) is 6.08 Å². The van der Waals surface area contributed by atoms with Crippen molar-refractivity contribution in [2.75, 3.05) is 0 Å². The van der Waals surface area contributed by atoms with E-state index in [0.29, 0.717) is 11.7 Å². The van der Waals surface area contributed by atoms with Gasteiger partial charge in [-0.1, -0.05) is 38.1 Å². The summed E-state index contributed by atoms with van der Waals surface area (Å²) in [6.45, 7) is 4.26. The van der Waals surface area contributed by atoms with E-state index in [1.807, 2.05) is 41.8 Å². The van der Waals surface area contributed by atoms with Gasteiger partial charge in [-0.15, -0.1) is 11.3 Å². The lowest BCUT2D eigenvalue weighted by molar-refractivity contribution is -0.128. The normalized spacial score (nSPS) is 12.5. The van der Waals surface area contributed by atoms with Gasteiger partial charge in [-0.3, -0.25) is 0 Å². The molecule has 0 fully saturated rings. The van der Waals surface area contributed by atoms with Gasteiger partial charge >= 0.3 is 5.97 Å². The van der Waals surface area contributed by atoms with Gasteiger partial charge in [-0.2, -0.15) is 0 Å². The third-order valence-electron chi connectivity index (χ3n) is 3.20. The SMILES string of the molecule is CCC(C)c1ccccc1OC(=O)C=Cc1cccs1. The van der Waals surface area contributed by atoms with Gasteiger partial charge in [0.2, 0.25) is 0 Å². The standard InChI is InChI=1S/C17H18O2S/c1-3-13(2)15-8-4-5-9-16(15)19-17(18)11-10-14-7-6-12-20-14/h4-13H,3H2,1-2H3. The van der Waals surface area contributed by atoms with E-state index < -0.39 is 0 Å². The first-order chi connectivity index (χ1) is 9.70. The molecule has 0 N–H and O–H groups in total. The molecule has 104 valence electrons. The number of carbonyl (C=O) groups excluding carboxylic acids is 1. The fourth-order valence-electron chi connectivity index (χ4n) is 1.88. The summed E-state index contributed by atoms with van der Waals surface area (Å²) < 4.78 is 5.45. The molecule has 1 unspecified atom stereocenters. The maximum Gasteiger partial charge on any atom is 0.336 e. The maximum absolute atomic E-state index is 11.9. The van der Waals surface area contributed by atoms with Crippen LogP contribution >= 0.6 is 11.3 Å².